The maximum Gasteiger partial charge on any atom is 1.00 e. The second-order valence-electron chi connectivity index (χ2n) is 11.8. The van der Waals surface area contributed by atoms with E-state index in [0.29, 0.717) is 36.4 Å². The molecule has 268 valence electrons. The number of aliphatic hydroxyl groups excluding tert-OH is 1. The van der Waals surface area contributed by atoms with Crippen LogP contribution in [0.15, 0.2) is 58.3 Å². The number of hydrogen-bond donors (Lipinski definition) is 7. The molecule has 19 nitrogen and oxygen atoms in total. The van der Waals surface area contributed by atoms with Gasteiger partial charge in [0.15, 0.2) is 0 Å². The van der Waals surface area contributed by atoms with E-state index in [1.807, 2.05) is 0 Å². The molecule has 3 aromatic rings. The number of thioether (sulfide) groups is 2. The normalized spacial score (nSPS) is 21.5. The number of carbonyl (C=O) groups is 4. The van der Waals surface area contributed by atoms with Crippen LogP contribution in [0.4, 0.5) is 16.4 Å². The van der Waals surface area contributed by atoms with Crippen molar-refractivity contribution in [3.8, 4) is 5.75 Å². The average molecular weight is 762 g/mol. The zero-order valence-electron chi connectivity index (χ0n) is 27.6. The van der Waals surface area contributed by atoms with E-state index in [4.69, 9.17) is 0 Å². The number of nitrogens with zero attached hydrogens (tertiary/aromatic N) is 6. The third-order valence-corrected chi connectivity index (χ3v) is 10.8. The number of nitrogens with one attached hydrogen (secondary N) is 5. The number of aliphatic hydroxyl groups is 1. The van der Waals surface area contributed by atoms with E-state index in [1.54, 1.807) is 0 Å². The minimum Gasteiger partial charge on any atom is -0.543 e. The molecular weight excluding hydrogens is 730 g/mol. The Kier molecular flexibility index (Phi) is 12.6. The van der Waals surface area contributed by atoms with Crippen LogP contribution < -0.4 is 61.5 Å². The molecule has 1 aliphatic carbocycles. The third kappa shape index (κ3) is 8.61. The smallest absolute Gasteiger partial charge is 0.543 e. The molecule has 2 aliphatic heterocycles. The van der Waals surface area contributed by atoms with Crippen LogP contribution in [0.5, 0.6) is 5.75 Å². The number of H-pyrrole nitrogens is 1. The maximum atomic E-state index is 13.7. The van der Waals surface area contributed by atoms with Crippen LogP contribution >= 0.6 is 23.5 Å². The predicted octanol–water partition coefficient (Wildman–Crippen LogP) is -3.66. The van der Waals surface area contributed by atoms with Gasteiger partial charge in [0.2, 0.25) is 17.0 Å². The Morgan fingerprint density at radius 2 is 1.90 bits per heavy atom. The molecule has 2 unspecified atom stereocenters. The van der Waals surface area contributed by atoms with Crippen LogP contribution in [0.2, 0.25) is 0 Å². The topological polar surface area (TPSA) is 273 Å². The number of rotatable bonds is 12. The number of urea groups is 1. The molecule has 1 saturated heterocycles. The van der Waals surface area contributed by atoms with Crippen LogP contribution in [-0.2, 0) is 14.4 Å². The number of carbonyl (C=O) groups excluding carboxylic acids is 4. The van der Waals surface area contributed by atoms with E-state index < -0.39 is 46.8 Å². The number of aromatic hydroxyl groups is 1. The number of carboxylic acid groups (broad SMARTS) is 1. The molecule has 3 aliphatic rings. The van der Waals surface area contributed by atoms with Crippen LogP contribution in [0.3, 0.4) is 0 Å². The van der Waals surface area contributed by atoms with Crippen molar-refractivity contribution in [2.24, 2.45) is 0 Å². The molecule has 1 saturated carbocycles. The van der Waals surface area contributed by atoms with E-state index in [9.17, 15) is 39.3 Å². The number of aromatic amines is 1. The monoisotopic (exact) mass is 761 g/mol. The summed E-state index contributed by atoms with van der Waals surface area (Å²) < 4.78 is 1.32. The second-order valence-corrected chi connectivity index (χ2v) is 13.8. The summed E-state index contributed by atoms with van der Waals surface area (Å²) in [7, 11) is 0. The van der Waals surface area contributed by atoms with Gasteiger partial charge in [-0.2, -0.15) is 4.68 Å². The first-order valence-electron chi connectivity index (χ1n) is 15.6. The molecule has 7 N–H and O–H groups in total. The number of benzene rings is 1. The first-order chi connectivity index (χ1) is 24.5. The number of anilines is 2. The van der Waals surface area contributed by atoms with Crippen LogP contribution in [0.25, 0.3) is 6.20 Å². The van der Waals surface area contributed by atoms with Gasteiger partial charge in [0.25, 0.3) is 11.5 Å². The zero-order valence-corrected chi connectivity index (χ0v) is 31.3. The van der Waals surface area contributed by atoms with Crippen molar-refractivity contribution in [3.63, 3.8) is 0 Å². The molecule has 0 spiro atoms. The van der Waals surface area contributed by atoms with Crippen LogP contribution in [0, 0.1) is 0 Å². The Morgan fingerprint density at radius 3 is 2.58 bits per heavy atom. The molecule has 6 rings (SSSR count). The minimum absolute atomic E-state index is 0. The van der Waals surface area contributed by atoms with Crippen LogP contribution in [0.1, 0.15) is 37.3 Å². The summed E-state index contributed by atoms with van der Waals surface area (Å²) >= 11 is 2.39. The third-order valence-electron chi connectivity index (χ3n) is 8.40. The number of phenols is 1. The number of phenolic OH excluding ortho intramolecular Hbond substituents is 1. The van der Waals surface area contributed by atoms with E-state index in [-0.39, 0.29) is 81.9 Å². The number of tetrazole rings is 1. The van der Waals surface area contributed by atoms with Gasteiger partial charge in [-0.05, 0) is 59.4 Å². The standard InChI is InChI=1S/C30H33N11O8S2.Na/c1-2-40-30(37-38-39-40)51-13-15-12-50-26-21(25(46)41(26)22(15)27(47)48)34-24(45)20(14-3-7-17(42)8-4-14)35-29(49)33-19-11-31-28(36-23(19)44)32-16-5-9-18(43)10-6-16;/h2-4,7-8,11,16,18,20-21,26,42-43H,1,5-6,9-10,12-13H2,(H,34,45)(H,47,48)(H2,33,35,49)(H2,31,32,36,44);/q;+1/p-1/t16?,18?,20?,21?,26-;/m0./s1. The molecule has 1 aromatic carbocycles. The number of amides is 4. The summed E-state index contributed by atoms with van der Waals surface area (Å²) in [5.41, 5.74) is -0.527. The van der Waals surface area contributed by atoms with Gasteiger partial charge in [0, 0.05) is 23.7 Å². The number of β-lactam (4-membered cyclic amide) rings is 1. The zero-order chi connectivity index (χ0) is 36.2. The van der Waals surface area contributed by atoms with Crippen molar-refractivity contribution in [2.75, 3.05) is 22.1 Å². The van der Waals surface area contributed by atoms with E-state index in [2.05, 4.69) is 53.3 Å². The van der Waals surface area contributed by atoms with Gasteiger partial charge in [0.05, 0.1) is 24.0 Å². The molecule has 22 heteroatoms. The number of aliphatic carboxylic acids is 1. The number of carboxylic acids is 1. The van der Waals surface area contributed by atoms with Crippen molar-refractivity contribution in [3.05, 3.63) is 64.2 Å². The molecule has 2 aromatic heterocycles. The van der Waals surface area contributed by atoms with Gasteiger partial charge in [-0.3, -0.25) is 24.3 Å². The summed E-state index contributed by atoms with van der Waals surface area (Å²) in [4.78, 5) is 72.8. The molecular formula is C30H32N11NaO8S2. The van der Waals surface area contributed by atoms with Crippen LogP contribution in [-0.4, -0.2) is 104 Å². The summed E-state index contributed by atoms with van der Waals surface area (Å²) in [6, 6.07) is 1.93. The largest absolute Gasteiger partial charge is 1.00 e. The van der Waals surface area contributed by atoms with Crippen molar-refractivity contribution >= 4 is 65.2 Å². The fourth-order valence-corrected chi connectivity index (χ4v) is 8.15. The van der Waals surface area contributed by atoms with Gasteiger partial charge in [0.1, 0.15) is 28.9 Å². The Labute approximate surface area is 325 Å². The SMILES string of the molecule is C=Cn1nnnc1SCC1=C(C(=O)[O-])N2C(=O)C(NC(=O)C(NC(=O)Nc3cnc(NC4CCC(O)CC4)[nH]c3=O)c3ccc(O)cc3)[C@@H]2SC1.[Na+]. The number of fused-ring (bicyclic) bond motifs is 1. The van der Waals surface area contributed by atoms with E-state index in [0.717, 1.165) is 22.9 Å². The molecule has 0 radical (unpaired) electrons. The Balaban J connectivity index is 0.00000523. The van der Waals surface area contributed by atoms with Gasteiger partial charge in [-0.25, -0.2) is 9.78 Å². The Hall–Kier alpha value is -4.41. The maximum absolute atomic E-state index is 13.7. The molecule has 0 bridgehead atoms. The summed E-state index contributed by atoms with van der Waals surface area (Å²) in [6.45, 7) is 3.61. The van der Waals surface area contributed by atoms with Crippen molar-refractivity contribution in [2.45, 2.75) is 60.4 Å². The minimum atomic E-state index is -1.56. The summed E-state index contributed by atoms with van der Waals surface area (Å²) in [5.74, 6) is -2.61. The number of aromatic nitrogens is 6. The molecule has 4 amide bonds. The molecule has 2 fully saturated rings. The summed E-state index contributed by atoms with van der Waals surface area (Å²) in [6.07, 6.45) is 4.86. The van der Waals surface area contributed by atoms with Crippen molar-refractivity contribution in [1.29, 1.82) is 0 Å². The van der Waals surface area contributed by atoms with Gasteiger partial charge in [-0.15, -0.1) is 16.9 Å². The number of hydrogen-bond acceptors (Lipinski definition) is 15. The second kappa shape index (κ2) is 16.9. The van der Waals surface area contributed by atoms with Gasteiger partial charge in [-0.1, -0.05) is 30.5 Å². The average Bonchev–Trinajstić information content (AvgIpc) is 3.58. The van der Waals surface area contributed by atoms with E-state index in [1.165, 1.54) is 46.9 Å². The first-order valence-corrected chi connectivity index (χ1v) is 17.7. The summed E-state index contributed by atoms with van der Waals surface area (Å²) in [5, 5.41) is 53.1. The van der Waals surface area contributed by atoms with Gasteiger partial charge >= 0.3 is 35.6 Å². The molecule has 3 atom stereocenters. The fraction of sp³-hybridized carbons (Fsp3) is 0.367. The Morgan fingerprint density at radius 1 is 1.17 bits per heavy atom. The molecule has 4 heterocycles. The Bertz CT molecular complexity index is 1930. The first kappa shape index (κ1) is 38.8. The van der Waals surface area contributed by atoms with E-state index >= 15 is 0 Å². The molecule has 52 heavy (non-hydrogen) atoms. The fourth-order valence-electron chi connectivity index (χ4n) is 5.79. The van der Waals surface area contributed by atoms with Gasteiger partial charge < -0.3 is 41.4 Å². The quantitative estimate of drug-likeness (QED) is 0.0533. The van der Waals surface area contributed by atoms with Crippen molar-refractivity contribution in [1.82, 2.24) is 45.7 Å². The predicted molar refractivity (Wildman–Crippen MR) is 182 cm³/mol. The van der Waals surface area contributed by atoms with Crippen molar-refractivity contribution < 1.29 is 64.1 Å².